The zero-order valence-electron chi connectivity index (χ0n) is 7.91. The lowest BCUT2D eigenvalue weighted by Gasteiger charge is -2.11. The van der Waals surface area contributed by atoms with Gasteiger partial charge in [-0.25, -0.2) is 0 Å². The summed E-state index contributed by atoms with van der Waals surface area (Å²) in [6.07, 6.45) is 5.88. The van der Waals surface area contributed by atoms with Gasteiger partial charge in [-0.15, -0.1) is 0 Å². The van der Waals surface area contributed by atoms with Crippen LogP contribution < -0.4 is 5.32 Å². The van der Waals surface area contributed by atoms with Crippen molar-refractivity contribution in [1.29, 1.82) is 0 Å². The molecule has 1 aromatic heterocycles. The largest absolute Gasteiger partial charge is 0.349 e. The number of amides is 1. The van der Waals surface area contributed by atoms with Crippen molar-refractivity contribution in [2.24, 2.45) is 0 Å². The third-order valence-corrected chi connectivity index (χ3v) is 3.88. The number of hydrogen-bond donors (Lipinski definition) is 2. The second-order valence-corrected chi connectivity index (χ2v) is 4.70. The Morgan fingerprint density at radius 2 is 2.57 bits per heavy atom. The zero-order valence-corrected chi connectivity index (χ0v) is 8.73. The quantitative estimate of drug-likeness (QED) is 0.759. The molecule has 1 saturated carbocycles. The van der Waals surface area contributed by atoms with Crippen molar-refractivity contribution in [2.45, 2.75) is 17.6 Å². The number of nitrogens with zero attached hydrogens (tertiary/aromatic N) is 2. The third kappa shape index (κ3) is 1.89. The molecular formula is C8H12N4OS. The molecule has 0 unspecified atom stereocenters. The normalized spacial score (nSPS) is 17.8. The van der Waals surface area contributed by atoms with Crippen molar-refractivity contribution in [1.82, 2.24) is 20.7 Å². The Kier molecular flexibility index (Phi) is 2.45. The van der Waals surface area contributed by atoms with E-state index in [9.17, 15) is 4.79 Å². The van der Waals surface area contributed by atoms with Crippen LogP contribution in [0.2, 0.25) is 0 Å². The second-order valence-electron chi connectivity index (χ2n) is 3.43. The molecule has 2 rings (SSSR count). The molecule has 0 aromatic carbocycles. The van der Waals surface area contributed by atoms with Gasteiger partial charge in [0.05, 0.1) is 6.20 Å². The maximum Gasteiger partial charge on any atom is 0.273 e. The number of aromatic amines is 1. The minimum absolute atomic E-state index is 0.154. The molecule has 1 amide bonds. The molecule has 0 saturated heterocycles. The van der Waals surface area contributed by atoms with E-state index in [2.05, 4.69) is 27.0 Å². The highest BCUT2D eigenvalue weighted by Crippen LogP contribution is 2.46. The van der Waals surface area contributed by atoms with Gasteiger partial charge in [-0.05, 0) is 19.1 Å². The lowest BCUT2D eigenvalue weighted by molar-refractivity contribution is 0.0948. The van der Waals surface area contributed by atoms with E-state index in [0.29, 0.717) is 10.4 Å². The van der Waals surface area contributed by atoms with E-state index in [0.717, 1.165) is 6.54 Å². The van der Waals surface area contributed by atoms with E-state index in [1.165, 1.54) is 19.0 Å². The van der Waals surface area contributed by atoms with Gasteiger partial charge in [0.1, 0.15) is 0 Å². The Morgan fingerprint density at radius 3 is 3.07 bits per heavy atom. The van der Waals surface area contributed by atoms with Crippen LogP contribution in [0.15, 0.2) is 6.20 Å². The van der Waals surface area contributed by atoms with Gasteiger partial charge in [-0.3, -0.25) is 4.79 Å². The molecule has 2 N–H and O–H groups in total. The first kappa shape index (κ1) is 9.51. The van der Waals surface area contributed by atoms with Crippen LogP contribution in [-0.2, 0) is 0 Å². The Bertz CT molecular complexity index is 320. The predicted octanol–water partition coefficient (Wildman–Crippen LogP) is 0.430. The van der Waals surface area contributed by atoms with Crippen LogP contribution in [0, 0.1) is 0 Å². The number of aromatic nitrogens is 3. The van der Waals surface area contributed by atoms with Gasteiger partial charge in [-0.2, -0.15) is 27.2 Å². The first-order valence-electron chi connectivity index (χ1n) is 4.45. The number of hydrogen-bond acceptors (Lipinski definition) is 4. The van der Waals surface area contributed by atoms with Crippen molar-refractivity contribution in [3.05, 3.63) is 11.9 Å². The second kappa shape index (κ2) is 3.61. The fourth-order valence-corrected chi connectivity index (χ4v) is 1.96. The van der Waals surface area contributed by atoms with Gasteiger partial charge >= 0.3 is 0 Å². The summed E-state index contributed by atoms with van der Waals surface area (Å²) >= 11 is 1.82. The van der Waals surface area contributed by atoms with Crippen molar-refractivity contribution in [3.8, 4) is 0 Å². The molecule has 1 aliphatic carbocycles. The van der Waals surface area contributed by atoms with Crippen molar-refractivity contribution in [2.75, 3.05) is 12.8 Å². The highest BCUT2D eigenvalue weighted by molar-refractivity contribution is 8.00. The molecule has 76 valence electrons. The van der Waals surface area contributed by atoms with Gasteiger partial charge < -0.3 is 5.32 Å². The van der Waals surface area contributed by atoms with Crippen molar-refractivity contribution >= 4 is 17.7 Å². The Balaban J connectivity index is 1.84. The summed E-state index contributed by atoms with van der Waals surface area (Å²) in [4.78, 5) is 11.5. The summed E-state index contributed by atoms with van der Waals surface area (Å²) in [5, 5.41) is 12.6. The number of H-pyrrole nitrogens is 1. The van der Waals surface area contributed by atoms with Crippen molar-refractivity contribution in [3.63, 3.8) is 0 Å². The molecule has 0 aliphatic heterocycles. The van der Waals surface area contributed by atoms with Gasteiger partial charge in [-0.1, -0.05) is 0 Å². The number of rotatable bonds is 4. The van der Waals surface area contributed by atoms with E-state index in [1.54, 1.807) is 0 Å². The molecule has 5 nitrogen and oxygen atoms in total. The van der Waals surface area contributed by atoms with Gasteiger partial charge in [0.15, 0.2) is 5.69 Å². The standard InChI is InChI=1S/C8H12N4OS/c1-14-8(2-3-8)5-9-7(13)6-4-10-12-11-6/h4H,2-3,5H2,1H3,(H,9,13)(H,10,11,12). The topological polar surface area (TPSA) is 70.7 Å². The average molecular weight is 212 g/mol. The lowest BCUT2D eigenvalue weighted by Crippen LogP contribution is -2.31. The fourth-order valence-electron chi connectivity index (χ4n) is 1.24. The van der Waals surface area contributed by atoms with E-state index < -0.39 is 0 Å². The minimum atomic E-state index is -0.154. The monoisotopic (exact) mass is 212 g/mol. The summed E-state index contributed by atoms with van der Waals surface area (Å²) in [7, 11) is 0. The SMILES string of the molecule is CSC1(CNC(=O)c2cn[nH]n2)CC1. The maximum atomic E-state index is 11.5. The van der Waals surface area contributed by atoms with E-state index >= 15 is 0 Å². The highest BCUT2D eigenvalue weighted by atomic mass is 32.2. The van der Waals surface area contributed by atoms with Crippen LogP contribution in [0.1, 0.15) is 23.3 Å². The molecule has 14 heavy (non-hydrogen) atoms. The minimum Gasteiger partial charge on any atom is -0.349 e. The molecule has 1 aromatic rings. The summed E-state index contributed by atoms with van der Waals surface area (Å²) in [6, 6.07) is 0. The van der Waals surface area contributed by atoms with Gasteiger partial charge in [0.2, 0.25) is 0 Å². The molecule has 1 aliphatic rings. The summed E-state index contributed by atoms with van der Waals surface area (Å²) < 4.78 is 0.291. The van der Waals surface area contributed by atoms with E-state index in [1.807, 2.05) is 11.8 Å². The number of thioether (sulfide) groups is 1. The van der Waals surface area contributed by atoms with E-state index in [-0.39, 0.29) is 5.91 Å². The van der Waals surface area contributed by atoms with Crippen LogP contribution in [0.3, 0.4) is 0 Å². The summed E-state index contributed by atoms with van der Waals surface area (Å²) in [5.41, 5.74) is 0.349. The van der Waals surface area contributed by atoms with E-state index in [4.69, 9.17) is 0 Å². The van der Waals surface area contributed by atoms with Crippen LogP contribution in [0.25, 0.3) is 0 Å². The zero-order chi connectivity index (χ0) is 10.0. The van der Waals surface area contributed by atoms with Gasteiger partial charge in [0.25, 0.3) is 5.91 Å². The molecule has 1 heterocycles. The van der Waals surface area contributed by atoms with Crippen molar-refractivity contribution < 1.29 is 4.79 Å². The van der Waals surface area contributed by atoms with Crippen LogP contribution in [0.4, 0.5) is 0 Å². The Morgan fingerprint density at radius 1 is 1.79 bits per heavy atom. The summed E-state index contributed by atoms with van der Waals surface area (Å²) in [5.74, 6) is -0.154. The molecule has 6 heteroatoms. The van der Waals surface area contributed by atoms with Crippen LogP contribution >= 0.6 is 11.8 Å². The van der Waals surface area contributed by atoms with Crippen LogP contribution in [0.5, 0.6) is 0 Å². The molecule has 0 atom stereocenters. The molecule has 1 fully saturated rings. The fraction of sp³-hybridized carbons (Fsp3) is 0.625. The molecule has 0 spiro atoms. The highest BCUT2D eigenvalue weighted by Gasteiger charge is 2.42. The number of carbonyl (C=O) groups is 1. The Labute approximate surface area is 86.0 Å². The smallest absolute Gasteiger partial charge is 0.273 e. The summed E-state index contributed by atoms with van der Waals surface area (Å²) in [6.45, 7) is 0.722. The average Bonchev–Trinajstić information content (AvgIpc) is 2.78. The number of carbonyl (C=O) groups excluding carboxylic acids is 1. The first-order valence-corrected chi connectivity index (χ1v) is 5.67. The number of nitrogens with one attached hydrogen (secondary N) is 2. The van der Waals surface area contributed by atoms with Gasteiger partial charge in [0, 0.05) is 11.3 Å². The first-order chi connectivity index (χ1) is 6.76. The Hall–Kier alpha value is -1.04. The lowest BCUT2D eigenvalue weighted by atomic mass is 10.4. The molecule has 0 radical (unpaired) electrons. The predicted molar refractivity (Wildman–Crippen MR) is 54.2 cm³/mol. The maximum absolute atomic E-state index is 11.5. The third-order valence-electron chi connectivity index (χ3n) is 2.46. The molecule has 0 bridgehead atoms. The van der Waals surface area contributed by atoms with Crippen LogP contribution in [-0.4, -0.2) is 38.9 Å². The molecular weight excluding hydrogens is 200 g/mol.